The van der Waals surface area contributed by atoms with Gasteiger partial charge in [-0.25, -0.2) is 9.79 Å². The number of nitrogens with zero attached hydrogens (tertiary/aromatic N) is 1. The fraction of sp³-hybridized carbons (Fsp3) is 0. The number of aliphatic imine (C=N–C) groups is 1. The van der Waals surface area contributed by atoms with Crippen LogP contribution in [0, 0.1) is 3.57 Å². The number of hydrogen-bond donors (Lipinski definition) is 0. The van der Waals surface area contributed by atoms with Gasteiger partial charge in [0.1, 0.15) is 0 Å². The van der Waals surface area contributed by atoms with Crippen molar-refractivity contribution < 1.29 is 9.53 Å². The average Bonchev–Trinajstić information content (AvgIpc) is 2.82. The normalized spacial score (nSPS) is 15.9. The van der Waals surface area contributed by atoms with Crippen LogP contribution in [0.25, 0.3) is 6.08 Å². The van der Waals surface area contributed by atoms with Crippen molar-refractivity contribution in [1.82, 2.24) is 0 Å². The number of rotatable bonds is 2. The lowest BCUT2D eigenvalue weighted by Gasteiger charge is -2.02. The van der Waals surface area contributed by atoms with Gasteiger partial charge < -0.3 is 4.74 Å². The molecule has 1 heterocycles. The van der Waals surface area contributed by atoms with Gasteiger partial charge in [0.2, 0.25) is 5.90 Å². The summed E-state index contributed by atoms with van der Waals surface area (Å²) in [4.78, 5) is 16.2. The summed E-state index contributed by atoms with van der Waals surface area (Å²) in [5.41, 5.74) is 1.65. The molecule has 1 aliphatic heterocycles. The summed E-state index contributed by atoms with van der Waals surface area (Å²) in [7, 11) is 0. The Morgan fingerprint density at radius 1 is 1.09 bits per heavy atom. The summed E-state index contributed by atoms with van der Waals surface area (Å²) in [5.74, 6) is -0.317. The number of esters is 1. The summed E-state index contributed by atoms with van der Waals surface area (Å²) in [6, 6.07) is 12.6. The maximum atomic E-state index is 11.9. The van der Waals surface area contributed by atoms with Crippen LogP contribution in [-0.2, 0) is 9.53 Å². The Hall–Kier alpha value is -1.37. The predicted molar refractivity (Wildman–Crippen MR) is 96.2 cm³/mol. The van der Waals surface area contributed by atoms with Crippen molar-refractivity contribution in [1.29, 1.82) is 0 Å². The minimum atomic E-state index is -0.500. The maximum absolute atomic E-state index is 11.9. The van der Waals surface area contributed by atoms with E-state index in [1.165, 1.54) is 0 Å². The molecule has 0 aliphatic carbocycles. The summed E-state index contributed by atoms with van der Waals surface area (Å²) in [6.45, 7) is 0. The highest BCUT2D eigenvalue weighted by Gasteiger charge is 2.25. The highest BCUT2D eigenvalue weighted by atomic mass is 127. The van der Waals surface area contributed by atoms with Crippen LogP contribution in [0.4, 0.5) is 0 Å². The summed E-state index contributed by atoms with van der Waals surface area (Å²) >= 11 is 14.2. The summed E-state index contributed by atoms with van der Waals surface area (Å²) < 4.78 is 6.31. The standard InChI is InChI=1S/C16H8Cl2INO2/c17-10-3-6-12(13(18)8-10)15-20-14(16(21)22-15)7-9-1-4-11(19)5-2-9/h1-8H/b14-7-. The lowest BCUT2D eigenvalue weighted by molar-refractivity contribution is -0.129. The molecule has 0 unspecified atom stereocenters. The molecule has 2 aromatic carbocycles. The van der Waals surface area contributed by atoms with E-state index >= 15 is 0 Å². The van der Waals surface area contributed by atoms with Crippen LogP contribution in [-0.4, -0.2) is 11.9 Å². The van der Waals surface area contributed by atoms with Crippen LogP contribution in [0.5, 0.6) is 0 Å². The molecule has 0 radical (unpaired) electrons. The fourth-order valence-corrected chi connectivity index (χ4v) is 2.75. The van der Waals surface area contributed by atoms with Crippen LogP contribution >= 0.6 is 45.8 Å². The molecular weight excluding hydrogens is 436 g/mol. The van der Waals surface area contributed by atoms with E-state index in [-0.39, 0.29) is 11.6 Å². The number of hydrogen-bond acceptors (Lipinski definition) is 3. The van der Waals surface area contributed by atoms with Crippen LogP contribution in [0.1, 0.15) is 11.1 Å². The highest BCUT2D eigenvalue weighted by molar-refractivity contribution is 14.1. The van der Waals surface area contributed by atoms with Crippen molar-refractivity contribution in [2.75, 3.05) is 0 Å². The number of benzene rings is 2. The molecule has 0 atom stereocenters. The largest absolute Gasteiger partial charge is 0.402 e. The second-order valence-corrected chi connectivity index (χ2v) is 6.60. The molecule has 2 aromatic rings. The van der Waals surface area contributed by atoms with Crippen molar-refractivity contribution in [2.24, 2.45) is 4.99 Å². The Bertz CT molecular complexity index is 813. The second-order valence-electron chi connectivity index (χ2n) is 4.51. The van der Waals surface area contributed by atoms with Crippen LogP contribution in [0.15, 0.2) is 53.2 Å². The molecule has 3 rings (SSSR count). The van der Waals surface area contributed by atoms with Gasteiger partial charge in [-0.05, 0) is 64.6 Å². The molecular formula is C16H8Cl2INO2. The fourth-order valence-electron chi connectivity index (χ4n) is 1.90. The number of halogens is 3. The highest BCUT2D eigenvalue weighted by Crippen LogP contribution is 2.26. The molecule has 1 aliphatic rings. The molecule has 3 nitrogen and oxygen atoms in total. The first-order valence-electron chi connectivity index (χ1n) is 6.26. The Labute approximate surface area is 150 Å². The average molecular weight is 444 g/mol. The van der Waals surface area contributed by atoms with Gasteiger partial charge in [-0.15, -0.1) is 0 Å². The van der Waals surface area contributed by atoms with Gasteiger partial charge in [-0.2, -0.15) is 0 Å². The zero-order valence-electron chi connectivity index (χ0n) is 11.0. The number of carbonyl (C=O) groups excluding carboxylic acids is 1. The van der Waals surface area contributed by atoms with Crippen LogP contribution < -0.4 is 0 Å². The third kappa shape index (κ3) is 3.34. The Morgan fingerprint density at radius 2 is 1.82 bits per heavy atom. The number of cyclic esters (lactones) is 1. The maximum Gasteiger partial charge on any atom is 0.363 e. The third-order valence-electron chi connectivity index (χ3n) is 2.96. The van der Waals surface area contributed by atoms with E-state index in [1.54, 1.807) is 24.3 Å². The molecule has 0 aromatic heterocycles. The number of carbonyl (C=O) groups is 1. The first-order chi connectivity index (χ1) is 10.5. The van der Waals surface area contributed by atoms with Crippen molar-refractivity contribution in [2.45, 2.75) is 0 Å². The first kappa shape index (κ1) is 15.5. The summed E-state index contributed by atoms with van der Waals surface area (Å²) in [6.07, 6.45) is 1.68. The zero-order valence-corrected chi connectivity index (χ0v) is 14.7. The van der Waals surface area contributed by atoms with Gasteiger partial charge in [-0.1, -0.05) is 35.3 Å². The molecule has 0 saturated heterocycles. The van der Waals surface area contributed by atoms with Crippen molar-refractivity contribution in [3.05, 3.63) is 72.9 Å². The van der Waals surface area contributed by atoms with Gasteiger partial charge in [0, 0.05) is 8.59 Å². The van der Waals surface area contributed by atoms with Gasteiger partial charge in [-0.3, -0.25) is 0 Å². The van der Waals surface area contributed by atoms with Crippen molar-refractivity contribution in [3.8, 4) is 0 Å². The minimum Gasteiger partial charge on any atom is -0.402 e. The quantitative estimate of drug-likeness (QED) is 0.374. The van der Waals surface area contributed by atoms with Crippen molar-refractivity contribution >= 4 is 63.7 Å². The third-order valence-corrected chi connectivity index (χ3v) is 4.22. The molecule has 6 heteroatoms. The molecule has 0 fully saturated rings. The molecule has 0 bridgehead atoms. The summed E-state index contributed by atoms with van der Waals surface area (Å²) in [5, 5.41) is 0.892. The zero-order chi connectivity index (χ0) is 15.7. The van der Waals surface area contributed by atoms with Crippen LogP contribution in [0.2, 0.25) is 10.0 Å². The Morgan fingerprint density at radius 3 is 2.50 bits per heavy atom. The molecule has 0 amide bonds. The molecule has 110 valence electrons. The molecule has 0 N–H and O–H groups in total. The SMILES string of the molecule is O=C1OC(c2ccc(Cl)cc2Cl)=N/C1=C\c1ccc(I)cc1. The van der Waals surface area contributed by atoms with Gasteiger partial charge in [0.05, 0.1) is 10.6 Å². The van der Waals surface area contributed by atoms with E-state index in [2.05, 4.69) is 27.6 Å². The van der Waals surface area contributed by atoms with E-state index in [9.17, 15) is 4.79 Å². The van der Waals surface area contributed by atoms with Crippen LogP contribution in [0.3, 0.4) is 0 Å². The van der Waals surface area contributed by atoms with E-state index in [0.717, 1.165) is 9.13 Å². The Kier molecular flexibility index (Phi) is 4.52. The second kappa shape index (κ2) is 6.40. The smallest absolute Gasteiger partial charge is 0.363 e. The number of ether oxygens (including phenoxy) is 1. The molecule has 0 saturated carbocycles. The molecule has 0 spiro atoms. The minimum absolute atomic E-state index is 0.184. The monoisotopic (exact) mass is 443 g/mol. The molecule has 22 heavy (non-hydrogen) atoms. The van der Waals surface area contributed by atoms with Gasteiger partial charge >= 0.3 is 5.97 Å². The predicted octanol–water partition coefficient (Wildman–Crippen LogP) is 4.94. The Balaban J connectivity index is 1.96. The van der Waals surface area contributed by atoms with E-state index in [1.807, 2.05) is 24.3 Å². The topological polar surface area (TPSA) is 38.7 Å². The lowest BCUT2D eigenvalue weighted by atomic mass is 10.2. The lowest BCUT2D eigenvalue weighted by Crippen LogP contribution is -2.05. The van der Waals surface area contributed by atoms with E-state index in [4.69, 9.17) is 27.9 Å². The van der Waals surface area contributed by atoms with Crippen molar-refractivity contribution in [3.63, 3.8) is 0 Å². The van der Waals surface area contributed by atoms with Gasteiger partial charge in [0.15, 0.2) is 5.70 Å². The van der Waals surface area contributed by atoms with E-state index in [0.29, 0.717) is 15.6 Å². The van der Waals surface area contributed by atoms with Gasteiger partial charge in [0.25, 0.3) is 0 Å². The first-order valence-corrected chi connectivity index (χ1v) is 8.10. The van der Waals surface area contributed by atoms with E-state index < -0.39 is 5.97 Å².